The smallest absolute Gasteiger partial charge is 0.471 e. The highest BCUT2D eigenvalue weighted by Crippen LogP contribution is 2.31. The van der Waals surface area contributed by atoms with E-state index in [0.717, 1.165) is 12.1 Å². The van der Waals surface area contributed by atoms with E-state index in [0.29, 0.717) is 16.0 Å². The van der Waals surface area contributed by atoms with Gasteiger partial charge >= 0.3 is 12.1 Å². The van der Waals surface area contributed by atoms with E-state index in [1.54, 1.807) is 6.92 Å². The maximum atomic E-state index is 13.4. The van der Waals surface area contributed by atoms with E-state index in [1.807, 2.05) is 0 Å². The van der Waals surface area contributed by atoms with E-state index in [4.69, 9.17) is 4.74 Å². The van der Waals surface area contributed by atoms with Crippen molar-refractivity contribution in [2.24, 2.45) is 0 Å². The number of hydrogen-bond donors (Lipinski definition) is 1. The fraction of sp³-hybridized carbons (Fsp3) is 0.278. The first-order valence-corrected chi connectivity index (χ1v) is 9.92. The number of carbonyl (C=O) groups excluding carboxylic acids is 1. The third-order valence-electron chi connectivity index (χ3n) is 4.23. The maximum Gasteiger partial charge on any atom is 0.471 e. The molecule has 6 nitrogen and oxygen atoms in total. The number of carbonyl (C=O) groups is 1. The van der Waals surface area contributed by atoms with Crippen LogP contribution in [0.15, 0.2) is 41.3 Å². The number of halogens is 4. The number of fused-ring (bicyclic) bond motifs is 1. The largest absolute Gasteiger partial charge is 0.492 e. The summed E-state index contributed by atoms with van der Waals surface area (Å²) in [5.74, 6) is -2.59. The van der Waals surface area contributed by atoms with Gasteiger partial charge in [0.15, 0.2) is 0 Å². The number of benzene rings is 2. The molecule has 1 heterocycles. The van der Waals surface area contributed by atoms with Gasteiger partial charge in [0.2, 0.25) is 0 Å². The first kappa shape index (κ1) is 20.9. The summed E-state index contributed by atoms with van der Waals surface area (Å²) >= 11 is 0. The lowest BCUT2D eigenvalue weighted by Crippen LogP contribution is -2.37. The Morgan fingerprint density at radius 2 is 1.83 bits per heavy atom. The predicted octanol–water partition coefficient (Wildman–Crippen LogP) is 3.43. The number of nitrogens with one attached hydrogen (secondary N) is 1. The highest BCUT2D eigenvalue weighted by atomic mass is 32.2. The molecule has 0 saturated heterocycles. The molecule has 0 bridgehead atoms. The standard InChI is InChI=1S/C18H16F4N2O4S/c1-2-28-16-8-13(19)4-6-15(16)23-29(26,27)14-5-3-11-9-24(10-12(11)7-14)17(25)18(20,21)22/h3-8,23H,2,9-10H2,1H3. The van der Waals surface area contributed by atoms with Gasteiger partial charge in [0.1, 0.15) is 11.6 Å². The van der Waals surface area contributed by atoms with Crippen LogP contribution in [0, 0.1) is 5.82 Å². The first-order chi connectivity index (χ1) is 13.5. The molecule has 1 aliphatic rings. The molecule has 0 radical (unpaired) electrons. The zero-order valence-corrected chi connectivity index (χ0v) is 15.9. The Morgan fingerprint density at radius 3 is 2.48 bits per heavy atom. The lowest BCUT2D eigenvalue weighted by molar-refractivity contribution is -0.186. The predicted molar refractivity (Wildman–Crippen MR) is 95.1 cm³/mol. The quantitative estimate of drug-likeness (QED) is 0.735. The Bertz CT molecular complexity index is 1050. The topological polar surface area (TPSA) is 75.7 Å². The van der Waals surface area contributed by atoms with E-state index in [9.17, 15) is 30.8 Å². The SMILES string of the molecule is CCOc1cc(F)ccc1NS(=O)(=O)c1ccc2c(c1)CN(C(=O)C(F)(F)F)C2. The molecule has 0 saturated carbocycles. The zero-order valence-electron chi connectivity index (χ0n) is 15.1. The van der Waals surface area contributed by atoms with E-state index < -0.39 is 27.9 Å². The molecule has 2 aromatic rings. The molecule has 1 aliphatic heterocycles. The van der Waals surface area contributed by atoms with Gasteiger partial charge in [-0.05, 0) is 42.3 Å². The number of sulfonamides is 1. The molecule has 0 aromatic heterocycles. The minimum atomic E-state index is -5.00. The van der Waals surface area contributed by atoms with Crippen molar-refractivity contribution in [3.8, 4) is 5.75 Å². The number of ether oxygens (including phenoxy) is 1. The molecule has 0 aliphatic carbocycles. The van der Waals surface area contributed by atoms with Crippen molar-refractivity contribution >= 4 is 21.6 Å². The molecule has 3 rings (SSSR count). The van der Waals surface area contributed by atoms with Gasteiger partial charge in [-0.15, -0.1) is 0 Å². The van der Waals surface area contributed by atoms with Crippen LogP contribution in [0.2, 0.25) is 0 Å². The molecule has 29 heavy (non-hydrogen) atoms. The summed E-state index contributed by atoms with van der Waals surface area (Å²) < 4.78 is 84.2. The van der Waals surface area contributed by atoms with Gasteiger partial charge in [0.25, 0.3) is 10.0 Å². The van der Waals surface area contributed by atoms with E-state index >= 15 is 0 Å². The van der Waals surface area contributed by atoms with Crippen LogP contribution in [0.1, 0.15) is 18.1 Å². The number of anilines is 1. The van der Waals surface area contributed by atoms with E-state index in [2.05, 4.69) is 4.72 Å². The van der Waals surface area contributed by atoms with Crippen molar-refractivity contribution in [3.05, 3.63) is 53.3 Å². The Kier molecular flexibility index (Phi) is 5.44. The van der Waals surface area contributed by atoms with Gasteiger partial charge in [-0.2, -0.15) is 13.2 Å². The van der Waals surface area contributed by atoms with Crippen molar-refractivity contribution in [3.63, 3.8) is 0 Å². The summed E-state index contributed by atoms with van der Waals surface area (Å²) in [4.78, 5) is 11.8. The number of amides is 1. The second-order valence-corrected chi connectivity index (χ2v) is 7.95. The zero-order chi connectivity index (χ0) is 21.4. The molecule has 0 unspecified atom stereocenters. The lowest BCUT2D eigenvalue weighted by Gasteiger charge is -2.16. The van der Waals surface area contributed by atoms with Crippen molar-refractivity contribution in [1.82, 2.24) is 4.90 Å². The highest BCUT2D eigenvalue weighted by Gasteiger charge is 2.44. The molecule has 0 atom stereocenters. The van der Waals surface area contributed by atoms with Crippen LogP contribution in [0.5, 0.6) is 5.75 Å². The van der Waals surface area contributed by atoms with E-state index in [-0.39, 0.29) is 36.0 Å². The summed E-state index contributed by atoms with van der Waals surface area (Å²) in [7, 11) is -4.13. The number of rotatable bonds is 5. The Morgan fingerprint density at radius 1 is 1.14 bits per heavy atom. The third kappa shape index (κ3) is 4.44. The normalized spacial score (nSPS) is 13.9. The molecule has 156 valence electrons. The van der Waals surface area contributed by atoms with Crippen molar-refractivity contribution in [1.29, 1.82) is 0 Å². The first-order valence-electron chi connectivity index (χ1n) is 8.44. The summed E-state index contributed by atoms with van der Waals surface area (Å²) in [6, 6.07) is 7.10. The molecule has 1 N–H and O–H groups in total. The van der Waals surface area contributed by atoms with E-state index in [1.165, 1.54) is 24.3 Å². The number of hydrogen-bond acceptors (Lipinski definition) is 4. The van der Waals surface area contributed by atoms with Crippen LogP contribution in [-0.2, 0) is 27.9 Å². The second-order valence-electron chi connectivity index (χ2n) is 6.27. The van der Waals surface area contributed by atoms with Crippen molar-refractivity contribution in [2.45, 2.75) is 31.1 Å². The van der Waals surface area contributed by atoms with Crippen LogP contribution < -0.4 is 9.46 Å². The molecule has 2 aromatic carbocycles. The van der Waals surface area contributed by atoms with Crippen molar-refractivity contribution in [2.75, 3.05) is 11.3 Å². The lowest BCUT2D eigenvalue weighted by atomic mass is 10.1. The second kappa shape index (κ2) is 7.54. The fourth-order valence-electron chi connectivity index (χ4n) is 2.92. The summed E-state index contributed by atoms with van der Waals surface area (Å²) in [6.07, 6.45) is -5.00. The Labute approximate surface area is 164 Å². The van der Waals surface area contributed by atoms with Gasteiger partial charge in [-0.3, -0.25) is 9.52 Å². The van der Waals surface area contributed by atoms with Crippen LogP contribution in [0.25, 0.3) is 0 Å². The van der Waals surface area contributed by atoms with Crippen LogP contribution >= 0.6 is 0 Å². The van der Waals surface area contributed by atoms with Gasteiger partial charge < -0.3 is 9.64 Å². The van der Waals surface area contributed by atoms with Crippen LogP contribution in [0.3, 0.4) is 0 Å². The summed E-state index contributed by atoms with van der Waals surface area (Å²) in [5, 5.41) is 0. The molecule has 1 amide bonds. The van der Waals surface area contributed by atoms with Crippen LogP contribution in [0.4, 0.5) is 23.2 Å². The molecule has 0 spiro atoms. The number of alkyl halides is 3. The maximum absolute atomic E-state index is 13.4. The minimum absolute atomic E-state index is 0.000756. The fourth-order valence-corrected chi connectivity index (χ4v) is 4.04. The van der Waals surface area contributed by atoms with Gasteiger partial charge in [-0.25, -0.2) is 12.8 Å². The van der Waals surface area contributed by atoms with Crippen LogP contribution in [-0.4, -0.2) is 32.0 Å². The third-order valence-corrected chi connectivity index (χ3v) is 5.59. The molecular weight excluding hydrogens is 416 g/mol. The summed E-state index contributed by atoms with van der Waals surface area (Å²) in [5.41, 5.74) is 0.746. The average molecular weight is 432 g/mol. The monoisotopic (exact) mass is 432 g/mol. The van der Waals surface area contributed by atoms with Gasteiger partial charge in [0, 0.05) is 19.2 Å². The van der Waals surface area contributed by atoms with Gasteiger partial charge in [-0.1, -0.05) is 6.07 Å². The Hall–Kier alpha value is -2.82. The molecule has 0 fully saturated rings. The van der Waals surface area contributed by atoms with Crippen molar-refractivity contribution < 1.29 is 35.5 Å². The Balaban J connectivity index is 1.85. The number of nitrogens with zero attached hydrogens (tertiary/aromatic N) is 1. The van der Waals surface area contributed by atoms with Gasteiger partial charge in [0.05, 0.1) is 17.2 Å². The summed E-state index contributed by atoms with van der Waals surface area (Å²) in [6.45, 7) is 1.23. The molecular formula is C18H16F4N2O4S. The average Bonchev–Trinajstić information content (AvgIpc) is 3.05. The highest BCUT2D eigenvalue weighted by molar-refractivity contribution is 7.92. The molecule has 11 heteroatoms. The minimum Gasteiger partial charge on any atom is -0.492 e.